The van der Waals surface area contributed by atoms with Gasteiger partial charge in [-0.05, 0) is 18.9 Å². The number of likely N-dealkylation sites (tertiary alicyclic amines) is 1. The van der Waals surface area contributed by atoms with Crippen LogP contribution in [0.3, 0.4) is 0 Å². The van der Waals surface area contributed by atoms with E-state index in [2.05, 4.69) is 10.1 Å². The van der Waals surface area contributed by atoms with Crippen LogP contribution in [0.5, 0.6) is 0 Å². The fourth-order valence-corrected chi connectivity index (χ4v) is 4.14. The van der Waals surface area contributed by atoms with Gasteiger partial charge in [-0.15, -0.1) is 0 Å². The van der Waals surface area contributed by atoms with Gasteiger partial charge in [0, 0.05) is 31.3 Å². The number of nitrogens with zero attached hydrogens (tertiary/aromatic N) is 4. The zero-order valence-corrected chi connectivity index (χ0v) is 16.1. The molecular weight excluding hydrogens is 394 g/mol. The monoisotopic (exact) mass is 416 g/mol. The third kappa shape index (κ3) is 5.31. The number of benzene rings is 1. The standard InChI is InChI=1S/C17H22F2N4O4S/c1-28(25,26)27-14-4-6-22(7-5-14)9-17(24,10-23-12-20-11-21-23)15-3-2-13(18)8-16(15)19/h2-3,8,11-12,14,24H,4-7,9-10H2,1H3. The Hall–Kier alpha value is -1.95. The third-order valence-corrected chi connectivity index (χ3v) is 5.28. The predicted molar refractivity (Wildman–Crippen MR) is 95.7 cm³/mol. The number of β-amino-alcohol motifs (C(OH)–C–C–N with tert-alkyl or cyclic N) is 1. The molecule has 1 aromatic heterocycles. The Morgan fingerprint density at radius 1 is 1.29 bits per heavy atom. The summed E-state index contributed by atoms with van der Waals surface area (Å²) in [7, 11) is -3.53. The molecule has 1 aliphatic rings. The van der Waals surface area contributed by atoms with Gasteiger partial charge in [-0.2, -0.15) is 13.5 Å². The van der Waals surface area contributed by atoms with Crippen LogP contribution in [-0.2, 0) is 26.4 Å². The minimum absolute atomic E-state index is 0.0427. The molecule has 154 valence electrons. The molecule has 0 amide bonds. The normalized spacial score (nSPS) is 18.9. The van der Waals surface area contributed by atoms with Crippen molar-refractivity contribution < 1.29 is 26.5 Å². The second-order valence-electron chi connectivity index (χ2n) is 7.02. The van der Waals surface area contributed by atoms with Gasteiger partial charge in [0.1, 0.15) is 29.9 Å². The van der Waals surface area contributed by atoms with Gasteiger partial charge in [-0.3, -0.25) is 9.08 Å². The quantitative estimate of drug-likeness (QED) is 0.670. The first-order valence-electron chi connectivity index (χ1n) is 8.75. The first kappa shape index (κ1) is 20.8. The van der Waals surface area contributed by atoms with E-state index in [4.69, 9.17) is 4.18 Å². The van der Waals surface area contributed by atoms with E-state index < -0.39 is 33.5 Å². The Morgan fingerprint density at radius 2 is 2.00 bits per heavy atom. The van der Waals surface area contributed by atoms with Gasteiger partial charge in [0.25, 0.3) is 10.1 Å². The molecule has 28 heavy (non-hydrogen) atoms. The average molecular weight is 416 g/mol. The van der Waals surface area contributed by atoms with E-state index in [-0.39, 0.29) is 18.7 Å². The smallest absolute Gasteiger partial charge is 0.264 e. The van der Waals surface area contributed by atoms with Crippen molar-refractivity contribution >= 4 is 10.1 Å². The van der Waals surface area contributed by atoms with E-state index in [1.165, 1.54) is 23.4 Å². The maximum Gasteiger partial charge on any atom is 0.264 e. The van der Waals surface area contributed by atoms with Crippen LogP contribution in [0.2, 0.25) is 0 Å². The van der Waals surface area contributed by atoms with Gasteiger partial charge in [0.05, 0.1) is 18.9 Å². The molecule has 1 saturated heterocycles. The molecule has 0 aliphatic carbocycles. The van der Waals surface area contributed by atoms with Crippen LogP contribution in [0, 0.1) is 11.6 Å². The first-order chi connectivity index (χ1) is 13.1. The van der Waals surface area contributed by atoms with Crippen molar-refractivity contribution in [1.29, 1.82) is 0 Å². The topological polar surface area (TPSA) is 97.6 Å². The van der Waals surface area contributed by atoms with Gasteiger partial charge in [0.15, 0.2) is 0 Å². The summed E-state index contributed by atoms with van der Waals surface area (Å²) in [6, 6.07) is 3.05. The lowest BCUT2D eigenvalue weighted by atomic mass is 9.91. The second-order valence-corrected chi connectivity index (χ2v) is 8.63. The van der Waals surface area contributed by atoms with Crippen LogP contribution in [0.1, 0.15) is 18.4 Å². The fraction of sp³-hybridized carbons (Fsp3) is 0.529. The molecule has 1 N–H and O–H groups in total. The van der Waals surface area contributed by atoms with E-state index in [0.717, 1.165) is 18.4 Å². The highest BCUT2D eigenvalue weighted by atomic mass is 32.2. The number of hydrogen-bond donors (Lipinski definition) is 1. The molecule has 8 nitrogen and oxygen atoms in total. The van der Waals surface area contributed by atoms with Crippen LogP contribution < -0.4 is 0 Å². The molecule has 1 aromatic carbocycles. The van der Waals surface area contributed by atoms with Crippen molar-refractivity contribution in [3.63, 3.8) is 0 Å². The highest BCUT2D eigenvalue weighted by Gasteiger charge is 2.37. The summed E-state index contributed by atoms with van der Waals surface area (Å²) >= 11 is 0. The van der Waals surface area contributed by atoms with Gasteiger partial charge in [0.2, 0.25) is 0 Å². The number of hydrogen-bond acceptors (Lipinski definition) is 7. The lowest BCUT2D eigenvalue weighted by Crippen LogP contribution is -2.48. The van der Waals surface area contributed by atoms with Crippen LogP contribution in [0.15, 0.2) is 30.9 Å². The molecule has 3 rings (SSSR count). The average Bonchev–Trinajstić information content (AvgIpc) is 3.07. The molecule has 1 atom stereocenters. The van der Waals surface area contributed by atoms with Crippen molar-refractivity contribution in [2.45, 2.75) is 31.1 Å². The Morgan fingerprint density at radius 3 is 2.57 bits per heavy atom. The summed E-state index contributed by atoms with van der Waals surface area (Å²) in [5, 5.41) is 15.3. The van der Waals surface area contributed by atoms with Crippen LogP contribution in [0.4, 0.5) is 8.78 Å². The SMILES string of the molecule is CS(=O)(=O)OC1CCN(CC(O)(Cn2cncn2)c2ccc(F)cc2F)CC1. The lowest BCUT2D eigenvalue weighted by molar-refractivity contribution is -0.0328. The van der Waals surface area contributed by atoms with Crippen molar-refractivity contribution in [1.82, 2.24) is 19.7 Å². The van der Waals surface area contributed by atoms with E-state index >= 15 is 0 Å². The van der Waals surface area contributed by atoms with Crippen molar-refractivity contribution in [3.05, 3.63) is 48.1 Å². The maximum absolute atomic E-state index is 14.4. The number of rotatable bonds is 7. The summed E-state index contributed by atoms with van der Waals surface area (Å²) < 4.78 is 56.7. The Balaban J connectivity index is 1.77. The molecule has 0 saturated carbocycles. The molecule has 0 radical (unpaired) electrons. The lowest BCUT2D eigenvalue weighted by Gasteiger charge is -2.38. The number of aliphatic hydroxyl groups is 1. The van der Waals surface area contributed by atoms with Gasteiger partial charge >= 0.3 is 0 Å². The molecule has 1 fully saturated rings. The van der Waals surface area contributed by atoms with E-state index in [0.29, 0.717) is 25.9 Å². The van der Waals surface area contributed by atoms with Crippen molar-refractivity contribution in [3.8, 4) is 0 Å². The van der Waals surface area contributed by atoms with Crippen LogP contribution in [0.25, 0.3) is 0 Å². The highest BCUT2D eigenvalue weighted by molar-refractivity contribution is 7.86. The summed E-state index contributed by atoms with van der Waals surface area (Å²) in [6.45, 7) is 0.904. The zero-order valence-electron chi connectivity index (χ0n) is 15.3. The molecule has 0 spiro atoms. The summed E-state index contributed by atoms with van der Waals surface area (Å²) in [5.74, 6) is -1.58. The molecule has 1 unspecified atom stereocenters. The number of aromatic nitrogens is 3. The minimum atomic E-state index is -3.53. The molecule has 2 aromatic rings. The van der Waals surface area contributed by atoms with Crippen LogP contribution in [-0.4, -0.2) is 65.2 Å². The molecule has 11 heteroatoms. The van der Waals surface area contributed by atoms with E-state index in [1.807, 2.05) is 4.90 Å². The maximum atomic E-state index is 14.4. The minimum Gasteiger partial charge on any atom is -0.382 e. The largest absolute Gasteiger partial charge is 0.382 e. The predicted octanol–water partition coefficient (Wildman–Crippen LogP) is 0.885. The van der Waals surface area contributed by atoms with Crippen LogP contribution >= 0.6 is 0 Å². The Labute approximate surface area is 161 Å². The van der Waals surface area contributed by atoms with E-state index in [9.17, 15) is 22.3 Å². The zero-order chi connectivity index (χ0) is 20.4. The second kappa shape index (κ2) is 8.19. The summed E-state index contributed by atoms with van der Waals surface area (Å²) in [6.07, 6.45) is 4.20. The summed E-state index contributed by atoms with van der Waals surface area (Å²) in [5.41, 5.74) is -1.73. The van der Waals surface area contributed by atoms with Crippen molar-refractivity contribution in [2.24, 2.45) is 0 Å². The molecule has 1 aliphatic heterocycles. The van der Waals surface area contributed by atoms with Gasteiger partial charge in [-0.1, -0.05) is 6.07 Å². The van der Waals surface area contributed by atoms with Gasteiger partial charge < -0.3 is 5.11 Å². The number of halogens is 2. The summed E-state index contributed by atoms with van der Waals surface area (Å²) in [4.78, 5) is 5.72. The van der Waals surface area contributed by atoms with Crippen molar-refractivity contribution in [2.75, 3.05) is 25.9 Å². The fourth-order valence-electron chi connectivity index (χ4n) is 3.45. The molecule has 0 bridgehead atoms. The number of piperidine rings is 1. The Bertz CT molecular complexity index is 902. The molecular formula is C17H22F2N4O4S. The highest BCUT2D eigenvalue weighted by Crippen LogP contribution is 2.29. The first-order valence-corrected chi connectivity index (χ1v) is 10.6. The Kier molecular flexibility index (Phi) is 6.08. The van der Waals surface area contributed by atoms with Gasteiger partial charge in [-0.25, -0.2) is 18.4 Å². The van der Waals surface area contributed by atoms with E-state index in [1.54, 1.807) is 0 Å². The third-order valence-electron chi connectivity index (χ3n) is 4.65. The molecule has 2 heterocycles.